The van der Waals surface area contributed by atoms with Crippen molar-refractivity contribution in [3.63, 3.8) is 0 Å². The number of hydrogen-bond donors (Lipinski definition) is 1. The minimum atomic E-state index is -0.464. The first-order chi connectivity index (χ1) is 13.4. The number of ether oxygens (including phenoxy) is 1. The molecule has 0 bridgehead atoms. The van der Waals surface area contributed by atoms with Crippen molar-refractivity contribution in [1.29, 1.82) is 0 Å². The zero-order chi connectivity index (χ0) is 19.9. The van der Waals surface area contributed by atoms with Crippen LogP contribution in [0.2, 0.25) is 0 Å². The van der Waals surface area contributed by atoms with Gasteiger partial charge in [-0.1, -0.05) is 0 Å². The van der Waals surface area contributed by atoms with Crippen molar-refractivity contribution in [2.75, 3.05) is 20.2 Å². The first-order valence-corrected chi connectivity index (χ1v) is 9.86. The molecule has 2 aromatic rings. The number of halogens is 1. The summed E-state index contributed by atoms with van der Waals surface area (Å²) in [5.74, 6) is 0.577. The van der Waals surface area contributed by atoms with Crippen LogP contribution in [-0.4, -0.2) is 41.5 Å². The van der Waals surface area contributed by atoms with Crippen LogP contribution in [0.1, 0.15) is 44.9 Å². The molecule has 0 aliphatic carbocycles. The molecule has 2 atom stereocenters. The fraction of sp³-hybridized carbons (Fsp3) is 0.455. The molecule has 0 unspecified atom stereocenters. The lowest BCUT2D eigenvalue weighted by Gasteiger charge is -2.23. The standard InChI is InChI=1S/C22H26FN3O2.H2/c1-4-28-20-13-16(17(23)11-14(20)2)15-6-9-24-19(12-15)18-5-7-22(25-18)8-10-26(3)21(22)27;/h6,9,11-13,18,25H,4-5,7-8,10H2,1-3H3;1H/t18-,22+;/m1./s1. The molecule has 1 spiro atoms. The molecule has 6 heteroatoms. The quantitative estimate of drug-likeness (QED) is 0.868. The second-order valence-corrected chi connectivity index (χ2v) is 7.79. The predicted octanol–water partition coefficient (Wildman–Crippen LogP) is 3.87. The van der Waals surface area contributed by atoms with Crippen LogP contribution < -0.4 is 10.1 Å². The van der Waals surface area contributed by atoms with E-state index >= 15 is 0 Å². The van der Waals surface area contributed by atoms with E-state index in [-0.39, 0.29) is 19.2 Å². The Hall–Kier alpha value is -2.47. The Morgan fingerprint density at radius 2 is 2.21 bits per heavy atom. The molecular weight excluding hydrogens is 357 g/mol. The molecule has 28 heavy (non-hydrogen) atoms. The summed E-state index contributed by atoms with van der Waals surface area (Å²) in [5, 5.41) is 3.52. The fourth-order valence-corrected chi connectivity index (χ4v) is 4.38. The summed E-state index contributed by atoms with van der Waals surface area (Å²) in [6, 6.07) is 6.99. The van der Waals surface area contributed by atoms with Crippen molar-refractivity contribution < 1.29 is 15.3 Å². The second kappa shape index (κ2) is 7.17. The maximum Gasteiger partial charge on any atom is 0.242 e. The lowest BCUT2D eigenvalue weighted by atomic mass is 9.96. The van der Waals surface area contributed by atoms with Gasteiger partial charge in [-0.3, -0.25) is 15.1 Å². The Bertz CT molecular complexity index is 923. The van der Waals surface area contributed by atoms with Gasteiger partial charge in [0.05, 0.1) is 18.3 Å². The lowest BCUT2D eigenvalue weighted by molar-refractivity contribution is -0.131. The van der Waals surface area contributed by atoms with Gasteiger partial charge < -0.3 is 9.64 Å². The molecule has 2 aliphatic rings. The minimum Gasteiger partial charge on any atom is -0.494 e. The van der Waals surface area contributed by atoms with Crippen molar-refractivity contribution in [2.24, 2.45) is 0 Å². The molecular formula is C22H28FN3O2. The molecule has 5 nitrogen and oxygen atoms in total. The Balaban J connectivity index is 0.00000240. The molecule has 1 aromatic heterocycles. The summed E-state index contributed by atoms with van der Waals surface area (Å²) in [6.07, 6.45) is 4.18. The van der Waals surface area contributed by atoms with Gasteiger partial charge in [-0.15, -0.1) is 0 Å². The van der Waals surface area contributed by atoms with Crippen molar-refractivity contribution in [1.82, 2.24) is 15.2 Å². The van der Waals surface area contributed by atoms with Crippen LogP contribution in [0.4, 0.5) is 4.39 Å². The normalized spacial score (nSPS) is 24.4. The Morgan fingerprint density at radius 3 is 2.93 bits per heavy atom. The number of carbonyl (C=O) groups excluding carboxylic acids is 1. The first kappa shape index (κ1) is 18.9. The van der Waals surface area contributed by atoms with Crippen LogP contribution in [0.5, 0.6) is 5.75 Å². The number of hydrogen-bond acceptors (Lipinski definition) is 4. The fourth-order valence-electron chi connectivity index (χ4n) is 4.38. The molecule has 0 radical (unpaired) electrons. The average molecular weight is 385 g/mol. The number of rotatable bonds is 4. The van der Waals surface area contributed by atoms with Gasteiger partial charge in [0.25, 0.3) is 0 Å². The summed E-state index contributed by atoms with van der Waals surface area (Å²) in [7, 11) is 1.85. The monoisotopic (exact) mass is 385 g/mol. The van der Waals surface area contributed by atoms with Gasteiger partial charge in [0.2, 0.25) is 5.91 Å². The predicted molar refractivity (Wildman–Crippen MR) is 108 cm³/mol. The highest BCUT2D eigenvalue weighted by molar-refractivity contribution is 5.88. The van der Waals surface area contributed by atoms with E-state index in [1.54, 1.807) is 17.2 Å². The summed E-state index contributed by atoms with van der Waals surface area (Å²) >= 11 is 0. The van der Waals surface area contributed by atoms with Gasteiger partial charge >= 0.3 is 0 Å². The largest absolute Gasteiger partial charge is 0.494 e. The van der Waals surface area contributed by atoms with Crippen LogP contribution in [0.25, 0.3) is 11.1 Å². The molecule has 1 N–H and O–H groups in total. The Morgan fingerprint density at radius 1 is 1.39 bits per heavy atom. The number of aryl methyl sites for hydroxylation is 1. The molecule has 2 saturated heterocycles. The highest BCUT2D eigenvalue weighted by Crippen LogP contribution is 2.39. The summed E-state index contributed by atoms with van der Waals surface area (Å²) < 4.78 is 20.3. The molecule has 150 valence electrons. The number of nitrogens with zero attached hydrogens (tertiary/aromatic N) is 2. The maximum absolute atomic E-state index is 14.7. The van der Waals surface area contributed by atoms with E-state index in [1.165, 1.54) is 6.07 Å². The van der Waals surface area contributed by atoms with Gasteiger partial charge in [-0.25, -0.2) is 4.39 Å². The SMILES string of the molecule is CCOc1cc(-c2ccnc([C@H]3CC[C@@]4(CCN(C)C4=O)N3)c2)c(F)cc1C.[HH]. The van der Waals surface area contributed by atoms with Crippen LogP contribution in [0.15, 0.2) is 30.5 Å². The second-order valence-electron chi connectivity index (χ2n) is 7.79. The van der Waals surface area contributed by atoms with Crippen molar-refractivity contribution in [3.05, 3.63) is 47.5 Å². The molecule has 2 aliphatic heterocycles. The van der Waals surface area contributed by atoms with Gasteiger partial charge in [-0.05, 0) is 68.5 Å². The number of benzene rings is 1. The number of likely N-dealkylation sites (N-methyl/N-ethyl adjacent to an activating group) is 1. The van der Waals surface area contributed by atoms with E-state index in [2.05, 4.69) is 10.3 Å². The van der Waals surface area contributed by atoms with Crippen molar-refractivity contribution in [2.45, 2.75) is 44.7 Å². The van der Waals surface area contributed by atoms with Crippen LogP contribution >= 0.6 is 0 Å². The summed E-state index contributed by atoms with van der Waals surface area (Å²) in [4.78, 5) is 18.8. The summed E-state index contributed by atoms with van der Waals surface area (Å²) in [5.41, 5.74) is 2.42. The Labute approximate surface area is 166 Å². The van der Waals surface area contributed by atoms with E-state index in [9.17, 15) is 9.18 Å². The molecule has 1 amide bonds. The first-order valence-electron chi connectivity index (χ1n) is 9.86. The molecule has 3 heterocycles. The minimum absolute atomic E-state index is 0. The third-order valence-electron chi connectivity index (χ3n) is 5.95. The van der Waals surface area contributed by atoms with Gasteiger partial charge in [0.15, 0.2) is 0 Å². The van der Waals surface area contributed by atoms with E-state index in [1.807, 2.05) is 33.0 Å². The zero-order valence-electron chi connectivity index (χ0n) is 16.6. The molecule has 1 aromatic carbocycles. The van der Waals surface area contributed by atoms with Crippen LogP contribution in [0.3, 0.4) is 0 Å². The third-order valence-corrected chi connectivity index (χ3v) is 5.95. The molecule has 0 saturated carbocycles. The Kier molecular flexibility index (Phi) is 4.83. The van der Waals surface area contributed by atoms with Gasteiger partial charge in [-0.2, -0.15) is 0 Å². The van der Waals surface area contributed by atoms with E-state index < -0.39 is 5.54 Å². The van der Waals surface area contributed by atoms with Crippen molar-refractivity contribution in [3.8, 4) is 16.9 Å². The number of aromatic nitrogens is 1. The number of nitrogens with one attached hydrogen (secondary N) is 1. The maximum atomic E-state index is 14.7. The van der Waals surface area contributed by atoms with Gasteiger partial charge in [0.1, 0.15) is 17.1 Å². The third kappa shape index (κ3) is 3.15. The van der Waals surface area contributed by atoms with Crippen LogP contribution in [-0.2, 0) is 4.79 Å². The molecule has 4 rings (SSSR count). The van der Waals surface area contributed by atoms with E-state index in [0.29, 0.717) is 17.9 Å². The topological polar surface area (TPSA) is 54.5 Å². The highest BCUT2D eigenvalue weighted by atomic mass is 19.1. The average Bonchev–Trinajstić information content (AvgIpc) is 3.24. The number of likely N-dealkylation sites (tertiary alicyclic amines) is 1. The van der Waals surface area contributed by atoms with E-state index in [4.69, 9.17) is 4.74 Å². The smallest absolute Gasteiger partial charge is 0.242 e. The lowest BCUT2D eigenvalue weighted by Crippen LogP contribution is -2.47. The summed E-state index contributed by atoms with van der Waals surface area (Å²) in [6.45, 7) is 5.06. The zero-order valence-corrected chi connectivity index (χ0v) is 16.6. The number of pyridine rings is 1. The van der Waals surface area contributed by atoms with Gasteiger partial charge in [0, 0.05) is 26.8 Å². The number of carbonyl (C=O) groups is 1. The van der Waals surface area contributed by atoms with Crippen LogP contribution in [0, 0.1) is 12.7 Å². The van der Waals surface area contributed by atoms with E-state index in [0.717, 1.165) is 42.6 Å². The highest BCUT2D eigenvalue weighted by Gasteiger charge is 2.50. The number of amides is 1. The molecule has 2 fully saturated rings. The van der Waals surface area contributed by atoms with Crippen molar-refractivity contribution >= 4 is 5.91 Å².